The number of nitriles is 1. The minimum absolute atomic E-state index is 0.290. The molecule has 0 aliphatic rings. The predicted octanol–water partition coefficient (Wildman–Crippen LogP) is 3.45. The lowest BCUT2D eigenvalue weighted by Crippen LogP contribution is -2.08. The first-order valence-corrected chi connectivity index (χ1v) is 5.40. The number of hydrogen-bond acceptors (Lipinski definition) is 2. The number of halogens is 1. The number of hydrogen-bond donors (Lipinski definition) is 2. The van der Waals surface area contributed by atoms with Crippen LogP contribution in [-0.2, 0) is 0 Å². The van der Waals surface area contributed by atoms with Gasteiger partial charge in [-0.2, -0.15) is 5.26 Å². The molecule has 0 saturated carbocycles. The maximum absolute atomic E-state index is 13.3. The number of nitrogens with one attached hydrogen (secondary N) is 1. The molecule has 0 unspecified atom stereocenters. The molecule has 19 heavy (non-hydrogen) atoms. The molecule has 2 aromatic rings. The highest BCUT2D eigenvalue weighted by Gasteiger charge is 2.09. The van der Waals surface area contributed by atoms with E-state index in [1.807, 2.05) is 6.07 Å². The lowest BCUT2D eigenvalue weighted by molar-refractivity contribution is 0.210. The summed E-state index contributed by atoms with van der Waals surface area (Å²) in [5.74, 6) is -0.463. The fraction of sp³-hybridized carbons (Fsp3) is 0. The van der Waals surface area contributed by atoms with Crippen molar-refractivity contribution >= 4 is 11.8 Å². The van der Waals surface area contributed by atoms with Crippen molar-refractivity contribution in [3.63, 3.8) is 0 Å². The minimum atomic E-state index is -1.22. The Morgan fingerprint density at radius 3 is 2.47 bits per heavy atom. The number of benzene rings is 2. The quantitative estimate of drug-likeness (QED) is 0.864. The van der Waals surface area contributed by atoms with Gasteiger partial charge in [0.15, 0.2) is 0 Å². The molecule has 0 saturated heterocycles. The number of carbonyl (C=O) groups is 1. The number of anilines is 1. The maximum Gasteiger partial charge on any atom is 0.409 e. The van der Waals surface area contributed by atoms with E-state index in [2.05, 4.69) is 5.32 Å². The summed E-state index contributed by atoms with van der Waals surface area (Å²) in [7, 11) is 0. The van der Waals surface area contributed by atoms with Gasteiger partial charge in [0.2, 0.25) is 0 Å². The zero-order valence-electron chi connectivity index (χ0n) is 9.72. The fourth-order valence-corrected chi connectivity index (χ4v) is 1.70. The van der Waals surface area contributed by atoms with Crippen molar-refractivity contribution in [3.8, 4) is 17.2 Å². The van der Waals surface area contributed by atoms with Gasteiger partial charge in [0.25, 0.3) is 0 Å². The van der Waals surface area contributed by atoms with Crippen LogP contribution in [0.15, 0.2) is 42.5 Å². The van der Waals surface area contributed by atoms with E-state index in [0.717, 1.165) is 0 Å². The van der Waals surface area contributed by atoms with Crippen LogP contribution in [0.5, 0.6) is 0 Å². The van der Waals surface area contributed by atoms with Crippen molar-refractivity contribution < 1.29 is 14.3 Å². The highest BCUT2D eigenvalue weighted by atomic mass is 19.1. The molecule has 0 atom stereocenters. The van der Waals surface area contributed by atoms with Crippen LogP contribution in [0.1, 0.15) is 5.56 Å². The average molecular weight is 256 g/mol. The van der Waals surface area contributed by atoms with Gasteiger partial charge in [0, 0.05) is 5.56 Å². The van der Waals surface area contributed by atoms with E-state index in [-0.39, 0.29) is 0 Å². The van der Waals surface area contributed by atoms with Crippen molar-refractivity contribution in [2.75, 3.05) is 5.32 Å². The second kappa shape index (κ2) is 5.19. The number of carboxylic acid groups (broad SMARTS) is 1. The normalized spacial score (nSPS) is 9.68. The van der Waals surface area contributed by atoms with Gasteiger partial charge in [0.1, 0.15) is 5.82 Å². The van der Waals surface area contributed by atoms with Gasteiger partial charge in [-0.25, -0.2) is 9.18 Å². The molecular weight excluding hydrogens is 247 g/mol. The van der Waals surface area contributed by atoms with Gasteiger partial charge in [0.05, 0.1) is 17.3 Å². The van der Waals surface area contributed by atoms with Crippen LogP contribution in [0.4, 0.5) is 14.9 Å². The van der Waals surface area contributed by atoms with Crippen LogP contribution in [0.3, 0.4) is 0 Å². The molecule has 0 aliphatic heterocycles. The minimum Gasteiger partial charge on any atom is -0.465 e. The predicted molar refractivity (Wildman–Crippen MR) is 68.2 cm³/mol. The van der Waals surface area contributed by atoms with Crippen molar-refractivity contribution in [2.45, 2.75) is 0 Å². The lowest BCUT2D eigenvalue weighted by atomic mass is 10.0. The zero-order valence-corrected chi connectivity index (χ0v) is 9.72. The molecule has 0 spiro atoms. The lowest BCUT2D eigenvalue weighted by Gasteiger charge is -2.09. The molecule has 1 amide bonds. The Bertz CT molecular complexity index is 660. The third-order valence-electron chi connectivity index (χ3n) is 2.55. The van der Waals surface area contributed by atoms with E-state index < -0.39 is 11.9 Å². The summed E-state index contributed by atoms with van der Waals surface area (Å²) in [5.41, 5.74) is 1.82. The molecule has 0 heterocycles. The van der Waals surface area contributed by atoms with Crippen molar-refractivity contribution in [3.05, 3.63) is 53.8 Å². The molecule has 2 rings (SSSR count). The van der Waals surface area contributed by atoms with E-state index in [4.69, 9.17) is 10.4 Å². The standard InChI is InChI=1S/C14H9FN2O2/c15-11-5-6-13(17-14(18)19)12(7-11)10-3-1-9(8-16)2-4-10/h1-7,17H,(H,18,19). The summed E-state index contributed by atoms with van der Waals surface area (Å²) in [5, 5.41) is 19.7. The SMILES string of the molecule is N#Cc1ccc(-c2cc(F)ccc2NC(=O)O)cc1. The van der Waals surface area contributed by atoms with Gasteiger partial charge in [-0.05, 0) is 35.9 Å². The second-order valence-electron chi connectivity index (χ2n) is 3.81. The third kappa shape index (κ3) is 2.87. The Balaban J connectivity index is 2.49. The Morgan fingerprint density at radius 1 is 1.21 bits per heavy atom. The molecule has 0 radical (unpaired) electrons. The monoisotopic (exact) mass is 256 g/mol. The maximum atomic E-state index is 13.3. The second-order valence-corrected chi connectivity index (χ2v) is 3.81. The number of amides is 1. The van der Waals surface area contributed by atoms with Gasteiger partial charge < -0.3 is 5.11 Å². The van der Waals surface area contributed by atoms with Gasteiger partial charge in [-0.15, -0.1) is 0 Å². The summed E-state index contributed by atoms with van der Waals surface area (Å²) >= 11 is 0. The molecule has 2 N–H and O–H groups in total. The highest BCUT2D eigenvalue weighted by molar-refractivity contribution is 5.90. The van der Waals surface area contributed by atoms with Gasteiger partial charge in [-0.1, -0.05) is 12.1 Å². The van der Waals surface area contributed by atoms with Crippen LogP contribution < -0.4 is 5.32 Å². The Labute approximate surface area is 108 Å². The van der Waals surface area contributed by atoms with Crippen molar-refractivity contribution in [1.29, 1.82) is 5.26 Å². The Kier molecular flexibility index (Phi) is 3.44. The molecule has 2 aromatic carbocycles. The summed E-state index contributed by atoms with van der Waals surface area (Å²) in [6, 6.07) is 12.2. The van der Waals surface area contributed by atoms with Crippen molar-refractivity contribution in [1.82, 2.24) is 0 Å². The van der Waals surface area contributed by atoms with E-state index in [9.17, 15) is 9.18 Å². The first-order chi connectivity index (χ1) is 9.10. The van der Waals surface area contributed by atoms with E-state index in [1.54, 1.807) is 24.3 Å². The molecule has 4 nitrogen and oxygen atoms in total. The van der Waals surface area contributed by atoms with Gasteiger partial charge in [-0.3, -0.25) is 5.32 Å². The third-order valence-corrected chi connectivity index (χ3v) is 2.55. The molecule has 0 aromatic heterocycles. The van der Waals surface area contributed by atoms with Crippen LogP contribution in [-0.4, -0.2) is 11.2 Å². The van der Waals surface area contributed by atoms with Crippen LogP contribution in [0, 0.1) is 17.1 Å². The zero-order chi connectivity index (χ0) is 13.8. The van der Waals surface area contributed by atoms with Gasteiger partial charge >= 0.3 is 6.09 Å². The molecule has 94 valence electrons. The molecule has 0 aliphatic carbocycles. The van der Waals surface area contributed by atoms with Crippen LogP contribution >= 0.6 is 0 Å². The van der Waals surface area contributed by atoms with E-state index in [0.29, 0.717) is 22.4 Å². The summed E-state index contributed by atoms with van der Waals surface area (Å²) in [6.45, 7) is 0. The number of nitrogens with zero attached hydrogens (tertiary/aromatic N) is 1. The molecule has 0 bridgehead atoms. The van der Waals surface area contributed by atoms with Crippen LogP contribution in [0.25, 0.3) is 11.1 Å². The first kappa shape index (κ1) is 12.6. The van der Waals surface area contributed by atoms with E-state index in [1.165, 1.54) is 18.2 Å². The average Bonchev–Trinajstić information content (AvgIpc) is 2.40. The summed E-state index contributed by atoms with van der Waals surface area (Å²) in [4.78, 5) is 10.7. The Hall–Kier alpha value is -2.87. The number of rotatable bonds is 2. The molecule has 5 heteroatoms. The summed E-state index contributed by atoms with van der Waals surface area (Å²) in [6.07, 6.45) is -1.22. The fourth-order valence-electron chi connectivity index (χ4n) is 1.70. The highest BCUT2D eigenvalue weighted by Crippen LogP contribution is 2.29. The molecular formula is C14H9FN2O2. The largest absolute Gasteiger partial charge is 0.465 e. The topological polar surface area (TPSA) is 73.1 Å². The summed E-state index contributed by atoms with van der Waals surface area (Å²) < 4.78 is 13.3. The van der Waals surface area contributed by atoms with Crippen LogP contribution in [0.2, 0.25) is 0 Å². The Morgan fingerprint density at radius 2 is 1.89 bits per heavy atom. The van der Waals surface area contributed by atoms with Crippen molar-refractivity contribution in [2.24, 2.45) is 0 Å². The molecule has 0 fully saturated rings. The smallest absolute Gasteiger partial charge is 0.409 e. The van der Waals surface area contributed by atoms with E-state index >= 15 is 0 Å². The first-order valence-electron chi connectivity index (χ1n) is 5.40.